The van der Waals surface area contributed by atoms with Crippen LogP contribution in [0.3, 0.4) is 0 Å². The molecule has 1 aliphatic heterocycles. The summed E-state index contributed by atoms with van der Waals surface area (Å²) in [5, 5.41) is 12.7. The molecule has 4 nitrogen and oxygen atoms in total. The average Bonchev–Trinajstić information content (AvgIpc) is 2.33. The molecule has 0 saturated carbocycles. The van der Waals surface area contributed by atoms with Crippen molar-refractivity contribution < 1.29 is 9.90 Å². The third-order valence-electron chi connectivity index (χ3n) is 3.25. The first kappa shape index (κ1) is 13.4. The van der Waals surface area contributed by atoms with E-state index in [0.29, 0.717) is 6.54 Å². The summed E-state index contributed by atoms with van der Waals surface area (Å²) < 4.78 is 0.927. The molecule has 0 radical (unpaired) electrons. The van der Waals surface area contributed by atoms with Gasteiger partial charge in [-0.2, -0.15) is 0 Å². The molecule has 98 valence electrons. The molecule has 0 bridgehead atoms. The van der Waals surface area contributed by atoms with Crippen molar-refractivity contribution in [2.45, 2.75) is 26.0 Å². The summed E-state index contributed by atoms with van der Waals surface area (Å²) in [6, 6.07) is 5.57. The Balaban J connectivity index is 2.40. The number of hydrogen-bond donors (Lipinski definition) is 2. The van der Waals surface area contributed by atoms with E-state index >= 15 is 0 Å². The number of rotatable bonds is 2. The standard InChI is InChI=1S/C13H17BrN2O2/c1-8-13(18)15-5-6-16(8)12-4-3-10(14)7-11(12)9(2)17/h3-4,7-9,17H,5-6H2,1-2H3,(H,15,18). The largest absolute Gasteiger partial charge is 0.389 e. The molecular weight excluding hydrogens is 296 g/mol. The van der Waals surface area contributed by atoms with Gasteiger partial charge in [0.25, 0.3) is 0 Å². The van der Waals surface area contributed by atoms with Crippen LogP contribution >= 0.6 is 15.9 Å². The molecule has 2 atom stereocenters. The van der Waals surface area contributed by atoms with E-state index in [1.165, 1.54) is 0 Å². The molecule has 0 aromatic heterocycles. The number of nitrogens with zero attached hydrogens (tertiary/aromatic N) is 1. The number of carbonyl (C=O) groups excluding carboxylic acids is 1. The lowest BCUT2D eigenvalue weighted by atomic mass is 10.0. The fraction of sp³-hybridized carbons (Fsp3) is 0.462. The lowest BCUT2D eigenvalue weighted by Gasteiger charge is -2.36. The number of halogens is 1. The Bertz CT molecular complexity index is 462. The Morgan fingerprint density at radius 3 is 2.94 bits per heavy atom. The molecule has 1 aliphatic rings. The van der Waals surface area contributed by atoms with Crippen molar-refractivity contribution in [2.75, 3.05) is 18.0 Å². The molecule has 0 aliphatic carbocycles. The molecule has 2 N–H and O–H groups in total. The summed E-state index contributed by atoms with van der Waals surface area (Å²) in [5.41, 5.74) is 1.77. The lowest BCUT2D eigenvalue weighted by Crippen LogP contribution is -2.54. The molecule has 2 unspecified atom stereocenters. The molecule has 1 amide bonds. The summed E-state index contributed by atoms with van der Waals surface area (Å²) in [6.45, 7) is 5.01. The van der Waals surface area contributed by atoms with Crippen molar-refractivity contribution in [1.29, 1.82) is 0 Å². The van der Waals surface area contributed by atoms with Crippen LogP contribution in [0.5, 0.6) is 0 Å². The first-order valence-corrected chi connectivity index (χ1v) is 6.82. The van der Waals surface area contributed by atoms with E-state index in [9.17, 15) is 9.90 Å². The maximum Gasteiger partial charge on any atom is 0.242 e. The molecule has 1 heterocycles. The summed E-state index contributed by atoms with van der Waals surface area (Å²) in [7, 11) is 0. The third kappa shape index (κ3) is 2.52. The summed E-state index contributed by atoms with van der Waals surface area (Å²) in [6.07, 6.45) is -0.560. The fourth-order valence-corrected chi connectivity index (χ4v) is 2.61. The number of amides is 1. The Hall–Kier alpha value is -1.07. The number of carbonyl (C=O) groups is 1. The van der Waals surface area contributed by atoms with Crippen molar-refractivity contribution >= 4 is 27.5 Å². The number of hydrogen-bond acceptors (Lipinski definition) is 3. The van der Waals surface area contributed by atoms with Crippen molar-refractivity contribution in [3.63, 3.8) is 0 Å². The van der Waals surface area contributed by atoms with E-state index < -0.39 is 6.10 Å². The van der Waals surface area contributed by atoms with Gasteiger partial charge in [0.05, 0.1) is 6.10 Å². The maximum absolute atomic E-state index is 11.7. The minimum absolute atomic E-state index is 0.0284. The second-order valence-corrected chi connectivity index (χ2v) is 5.46. The average molecular weight is 313 g/mol. The van der Waals surface area contributed by atoms with Crippen LogP contribution in [0.25, 0.3) is 0 Å². The van der Waals surface area contributed by atoms with Crippen molar-refractivity contribution in [3.05, 3.63) is 28.2 Å². The number of nitrogens with one attached hydrogen (secondary N) is 1. The molecule has 0 spiro atoms. The Labute approximate surface area is 115 Å². The molecule has 18 heavy (non-hydrogen) atoms. The van der Waals surface area contributed by atoms with Crippen molar-refractivity contribution in [2.24, 2.45) is 0 Å². The van der Waals surface area contributed by atoms with Gasteiger partial charge in [-0.1, -0.05) is 15.9 Å². The lowest BCUT2D eigenvalue weighted by molar-refractivity contribution is -0.122. The van der Waals surface area contributed by atoms with Crippen LogP contribution in [-0.4, -0.2) is 30.1 Å². The molecule has 1 aromatic carbocycles. The van der Waals surface area contributed by atoms with Crippen LogP contribution < -0.4 is 10.2 Å². The fourth-order valence-electron chi connectivity index (χ4n) is 2.23. The van der Waals surface area contributed by atoms with Crippen molar-refractivity contribution in [1.82, 2.24) is 5.32 Å². The van der Waals surface area contributed by atoms with E-state index in [1.807, 2.05) is 30.0 Å². The SMILES string of the molecule is CC(O)c1cc(Br)ccc1N1CCNC(=O)C1C. The zero-order valence-electron chi connectivity index (χ0n) is 10.5. The van der Waals surface area contributed by atoms with E-state index in [2.05, 4.69) is 21.2 Å². The molecule has 2 rings (SSSR count). The minimum atomic E-state index is -0.560. The van der Waals surface area contributed by atoms with Crippen molar-refractivity contribution in [3.8, 4) is 0 Å². The van der Waals surface area contributed by atoms with E-state index in [4.69, 9.17) is 0 Å². The predicted octanol–water partition coefficient (Wildman–Crippen LogP) is 1.83. The Morgan fingerprint density at radius 2 is 2.28 bits per heavy atom. The zero-order valence-corrected chi connectivity index (χ0v) is 12.1. The monoisotopic (exact) mass is 312 g/mol. The van der Waals surface area contributed by atoms with E-state index in [1.54, 1.807) is 6.92 Å². The summed E-state index contributed by atoms with van der Waals surface area (Å²) in [4.78, 5) is 13.7. The Morgan fingerprint density at radius 1 is 1.56 bits per heavy atom. The van der Waals surface area contributed by atoms with Gasteiger partial charge in [-0.3, -0.25) is 4.79 Å². The van der Waals surface area contributed by atoms with E-state index in [0.717, 1.165) is 22.3 Å². The van der Waals surface area contributed by atoms with E-state index in [-0.39, 0.29) is 11.9 Å². The molecule has 5 heteroatoms. The number of benzene rings is 1. The quantitative estimate of drug-likeness (QED) is 0.876. The van der Waals surface area contributed by atoms with Gasteiger partial charge in [-0.05, 0) is 32.0 Å². The Kier molecular flexibility index (Phi) is 3.92. The van der Waals surface area contributed by atoms with Gasteiger partial charge in [0.15, 0.2) is 0 Å². The number of aliphatic hydroxyl groups is 1. The van der Waals surface area contributed by atoms with Crippen LogP contribution in [0.4, 0.5) is 5.69 Å². The third-order valence-corrected chi connectivity index (χ3v) is 3.74. The summed E-state index contributed by atoms with van der Waals surface area (Å²) in [5.74, 6) is 0.0284. The highest BCUT2D eigenvalue weighted by atomic mass is 79.9. The highest BCUT2D eigenvalue weighted by Gasteiger charge is 2.27. The van der Waals surface area contributed by atoms with Crippen LogP contribution in [0, 0.1) is 0 Å². The number of piperazine rings is 1. The molecular formula is C13H17BrN2O2. The topological polar surface area (TPSA) is 52.6 Å². The smallest absolute Gasteiger partial charge is 0.242 e. The van der Waals surface area contributed by atoms with Gasteiger partial charge in [0, 0.05) is 28.8 Å². The predicted molar refractivity (Wildman–Crippen MR) is 74.6 cm³/mol. The van der Waals surface area contributed by atoms with Crippen LogP contribution in [0.1, 0.15) is 25.5 Å². The van der Waals surface area contributed by atoms with Gasteiger partial charge >= 0.3 is 0 Å². The van der Waals surface area contributed by atoms with Gasteiger partial charge in [-0.15, -0.1) is 0 Å². The normalized spacial score (nSPS) is 21.7. The van der Waals surface area contributed by atoms with Crippen LogP contribution in [0.2, 0.25) is 0 Å². The van der Waals surface area contributed by atoms with Gasteiger partial charge < -0.3 is 15.3 Å². The summed E-state index contributed by atoms with van der Waals surface area (Å²) >= 11 is 3.41. The van der Waals surface area contributed by atoms with Gasteiger partial charge in [-0.25, -0.2) is 0 Å². The zero-order chi connectivity index (χ0) is 13.3. The minimum Gasteiger partial charge on any atom is -0.389 e. The maximum atomic E-state index is 11.7. The molecule has 1 saturated heterocycles. The highest BCUT2D eigenvalue weighted by Crippen LogP contribution is 2.31. The second kappa shape index (κ2) is 5.28. The number of aliphatic hydroxyl groups excluding tert-OH is 1. The van der Waals surface area contributed by atoms with Crippen LogP contribution in [0.15, 0.2) is 22.7 Å². The van der Waals surface area contributed by atoms with Crippen LogP contribution in [-0.2, 0) is 4.79 Å². The molecule has 1 fully saturated rings. The second-order valence-electron chi connectivity index (χ2n) is 4.54. The highest BCUT2D eigenvalue weighted by molar-refractivity contribution is 9.10. The first-order valence-electron chi connectivity index (χ1n) is 6.02. The van der Waals surface area contributed by atoms with Gasteiger partial charge in [0.2, 0.25) is 5.91 Å². The number of anilines is 1. The first-order chi connectivity index (χ1) is 8.50. The van der Waals surface area contributed by atoms with Gasteiger partial charge in [0.1, 0.15) is 6.04 Å². The molecule has 1 aromatic rings.